The third-order valence-electron chi connectivity index (χ3n) is 4.10. The highest BCUT2D eigenvalue weighted by Gasteiger charge is 2.25. The number of amides is 1. The maximum Gasteiger partial charge on any atom is 0.228 e. The first kappa shape index (κ1) is 19.1. The Hall–Kier alpha value is -2.20. The lowest BCUT2D eigenvalue weighted by molar-refractivity contribution is -0.123. The van der Waals surface area contributed by atoms with Crippen molar-refractivity contribution in [1.82, 2.24) is 5.32 Å². The zero-order valence-corrected chi connectivity index (χ0v) is 15.8. The average molecular weight is 362 g/mol. The van der Waals surface area contributed by atoms with Crippen LogP contribution in [-0.2, 0) is 11.3 Å². The summed E-state index contributed by atoms with van der Waals surface area (Å²) in [5.41, 5.74) is 1.91. The van der Waals surface area contributed by atoms with Gasteiger partial charge in [0, 0.05) is 11.6 Å². The number of methoxy groups -OCH3 is 2. The summed E-state index contributed by atoms with van der Waals surface area (Å²) in [5, 5.41) is 3.69. The molecule has 1 unspecified atom stereocenters. The van der Waals surface area contributed by atoms with E-state index >= 15 is 0 Å². The molecule has 25 heavy (non-hydrogen) atoms. The Labute approximate surface area is 154 Å². The first-order chi connectivity index (χ1) is 12.0. The summed E-state index contributed by atoms with van der Waals surface area (Å²) in [6, 6.07) is 13.1. The molecule has 0 saturated carbocycles. The van der Waals surface area contributed by atoms with Gasteiger partial charge in [-0.05, 0) is 41.3 Å². The monoisotopic (exact) mass is 361 g/mol. The van der Waals surface area contributed by atoms with Crippen LogP contribution in [-0.4, -0.2) is 20.1 Å². The molecule has 0 spiro atoms. The highest BCUT2D eigenvalue weighted by molar-refractivity contribution is 6.30. The van der Waals surface area contributed by atoms with Crippen molar-refractivity contribution in [1.29, 1.82) is 0 Å². The summed E-state index contributed by atoms with van der Waals surface area (Å²) >= 11 is 5.89. The molecule has 4 nitrogen and oxygen atoms in total. The maximum absolute atomic E-state index is 12.8. The van der Waals surface area contributed by atoms with Gasteiger partial charge in [-0.25, -0.2) is 0 Å². The van der Waals surface area contributed by atoms with Gasteiger partial charge in [0.1, 0.15) is 0 Å². The molecule has 0 fully saturated rings. The fourth-order valence-electron chi connectivity index (χ4n) is 2.79. The van der Waals surface area contributed by atoms with Crippen LogP contribution < -0.4 is 14.8 Å². The number of ether oxygens (including phenoxy) is 2. The second kappa shape index (κ2) is 8.77. The molecule has 5 heteroatoms. The van der Waals surface area contributed by atoms with Gasteiger partial charge in [0.15, 0.2) is 11.5 Å². The van der Waals surface area contributed by atoms with Crippen LogP contribution in [0.4, 0.5) is 0 Å². The molecule has 134 valence electrons. The van der Waals surface area contributed by atoms with Gasteiger partial charge >= 0.3 is 0 Å². The molecule has 2 aromatic carbocycles. The third kappa shape index (κ3) is 4.89. The van der Waals surface area contributed by atoms with Gasteiger partial charge in [-0.3, -0.25) is 4.79 Å². The summed E-state index contributed by atoms with van der Waals surface area (Å²) < 4.78 is 10.6. The van der Waals surface area contributed by atoms with Gasteiger partial charge in [-0.15, -0.1) is 0 Å². The standard InChI is InChI=1S/C20H24ClNO3/c1-13(2)19(15-7-10-17(24-3)18(11-15)25-4)20(23)22-12-14-5-8-16(21)9-6-14/h5-11,13,19H,12H2,1-4H3,(H,22,23). The van der Waals surface area contributed by atoms with Crippen LogP contribution in [0.3, 0.4) is 0 Å². The molecule has 0 heterocycles. The Morgan fingerprint density at radius 2 is 1.68 bits per heavy atom. The van der Waals surface area contributed by atoms with E-state index in [1.165, 1.54) is 0 Å². The van der Waals surface area contributed by atoms with E-state index in [0.29, 0.717) is 23.1 Å². The van der Waals surface area contributed by atoms with Crippen molar-refractivity contribution in [3.63, 3.8) is 0 Å². The molecule has 0 aliphatic rings. The van der Waals surface area contributed by atoms with Crippen molar-refractivity contribution < 1.29 is 14.3 Å². The minimum absolute atomic E-state index is 0.0165. The van der Waals surface area contributed by atoms with E-state index in [4.69, 9.17) is 21.1 Å². The van der Waals surface area contributed by atoms with E-state index in [2.05, 4.69) is 5.32 Å². The minimum Gasteiger partial charge on any atom is -0.493 e. The normalized spacial score (nSPS) is 11.9. The van der Waals surface area contributed by atoms with Crippen molar-refractivity contribution >= 4 is 17.5 Å². The Kier molecular flexibility index (Phi) is 6.71. The van der Waals surface area contributed by atoms with Crippen molar-refractivity contribution in [2.45, 2.75) is 26.3 Å². The molecular weight excluding hydrogens is 338 g/mol. The summed E-state index contributed by atoms with van der Waals surface area (Å²) in [5.74, 6) is 1.12. The quantitative estimate of drug-likeness (QED) is 0.794. The van der Waals surface area contributed by atoms with Gasteiger partial charge in [-0.1, -0.05) is 43.6 Å². The summed E-state index contributed by atoms with van der Waals surface area (Å²) in [6.07, 6.45) is 0. The SMILES string of the molecule is COc1ccc(C(C(=O)NCc2ccc(Cl)cc2)C(C)C)cc1OC. The van der Waals surface area contributed by atoms with Crippen LogP contribution in [0.15, 0.2) is 42.5 Å². The topological polar surface area (TPSA) is 47.6 Å². The molecule has 2 aromatic rings. The van der Waals surface area contributed by atoms with Gasteiger partial charge in [0.05, 0.1) is 20.1 Å². The summed E-state index contributed by atoms with van der Waals surface area (Å²) in [7, 11) is 3.18. The molecule has 0 radical (unpaired) electrons. The van der Waals surface area contributed by atoms with Crippen LogP contribution in [0.5, 0.6) is 11.5 Å². The molecule has 1 amide bonds. The lowest BCUT2D eigenvalue weighted by Gasteiger charge is -2.22. The molecule has 1 atom stereocenters. The Balaban J connectivity index is 2.16. The van der Waals surface area contributed by atoms with Gasteiger partial charge in [0.2, 0.25) is 5.91 Å². The maximum atomic E-state index is 12.8. The predicted molar refractivity (Wildman–Crippen MR) is 100 cm³/mol. The Morgan fingerprint density at radius 1 is 1.04 bits per heavy atom. The fraction of sp³-hybridized carbons (Fsp3) is 0.350. The molecule has 0 bridgehead atoms. The zero-order valence-electron chi connectivity index (χ0n) is 15.0. The molecule has 1 N–H and O–H groups in total. The molecule has 0 aromatic heterocycles. The second-order valence-electron chi connectivity index (χ2n) is 6.18. The Bertz CT molecular complexity index is 713. The first-order valence-electron chi connectivity index (χ1n) is 8.20. The fourth-order valence-corrected chi connectivity index (χ4v) is 2.91. The number of carbonyl (C=O) groups is 1. The highest BCUT2D eigenvalue weighted by Crippen LogP contribution is 2.33. The van der Waals surface area contributed by atoms with Crippen molar-refractivity contribution in [3.05, 3.63) is 58.6 Å². The van der Waals surface area contributed by atoms with E-state index in [9.17, 15) is 4.79 Å². The number of rotatable bonds is 7. The van der Waals surface area contributed by atoms with E-state index in [-0.39, 0.29) is 17.7 Å². The van der Waals surface area contributed by atoms with Crippen molar-refractivity contribution in [3.8, 4) is 11.5 Å². The van der Waals surface area contributed by atoms with E-state index in [1.807, 2.05) is 56.3 Å². The largest absolute Gasteiger partial charge is 0.493 e. The van der Waals surface area contributed by atoms with Gasteiger partial charge in [0.25, 0.3) is 0 Å². The average Bonchev–Trinajstić information content (AvgIpc) is 2.61. The lowest BCUT2D eigenvalue weighted by atomic mass is 9.87. The molecule has 0 saturated heterocycles. The predicted octanol–water partition coefficient (Wildman–Crippen LogP) is 4.41. The summed E-state index contributed by atoms with van der Waals surface area (Å²) in [6.45, 7) is 4.53. The summed E-state index contributed by atoms with van der Waals surface area (Å²) in [4.78, 5) is 12.8. The molecule has 0 aliphatic heterocycles. The van der Waals surface area contributed by atoms with Crippen LogP contribution in [0, 0.1) is 5.92 Å². The van der Waals surface area contributed by atoms with Crippen molar-refractivity contribution in [2.75, 3.05) is 14.2 Å². The van der Waals surface area contributed by atoms with E-state index < -0.39 is 0 Å². The minimum atomic E-state index is -0.271. The van der Waals surface area contributed by atoms with Crippen LogP contribution in [0.1, 0.15) is 30.9 Å². The number of halogens is 1. The number of hydrogen-bond acceptors (Lipinski definition) is 3. The van der Waals surface area contributed by atoms with E-state index in [0.717, 1.165) is 11.1 Å². The van der Waals surface area contributed by atoms with Gasteiger partial charge < -0.3 is 14.8 Å². The lowest BCUT2D eigenvalue weighted by Crippen LogP contribution is -2.31. The molecular formula is C20H24ClNO3. The smallest absolute Gasteiger partial charge is 0.228 e. The van der Waals surface area contributed by atoms with Crippen LogP contribution in [0.2, 0.25) is 5.02 Å². The van der Waals surface area contributed by atoms with Gasteiger partial charge in [-0.2, -0.15) is 0 Å². The Morgan fingerprint density at radius 3 is 2.24 bits per heavy atom. The number of hydrogen-bond donors (Lipinski definition) is 1. The number of benzene rings is 2. The molecule has 2 rings (SSSR count). The highest BCUT2D eigenvalue weighted by atomic mass is 35.5. The zero-order chi connectivity index (χ0) is 18.4. The third-order valence-corrected chi connectivity index (χ3v) is 4.35. The molecule has 0 aliphatic carbocycles. The number of carbonyl (C=O) groups excluding carboxylic acids is 1. The first-order valence-corrected chi connectivity index (χ1v) is 8.58. The van der Waals surface area contributed by atoms with Crippen LogP contribution >= 0.6 is 11.6 Å². The van der Waals surface area contributed by atoms with Crippen LogP contribution in [0.25, 0.3) is 0 Å². The van der Waals surface area contributed by atoms with Crippen molar-refractivity contribution in [2.24, 2.45) is 5.92 Å². The number of nitrogens with one attached hydrogen (secondary N) is 1. The second-order valence-corrected chi connectivity index (χ2v) is 6.62. The van der Waals surface area contributed by atoms with E-state index in [1.54, 1.807) is 14.2 Å².